The van der Waals surface area contributed by atoms with E-state index in [2.05, 4.69) is 12.2 Å². The number of hydrogen-bond acceptors (Lipinski definition) is 0. The summed E-state index contributed by atoms with van der Waals surface area (Å²) >= 11 is 0. The molecule has 2 fully saturated rings. The summed E-state index contributed by atoms with van der Waals surface area (Å²) < 4.78 is 0. The third-order valence-corrected chi connectivity index (χ3v) is 5.48. The minimum Gasteiger partial charge on any atom is -0.346 e. The molecule has 0 radical (unpaired) electrons. The quantitative estimate of drug-likeness (QED) is 0.693. The van der Waals surface area contributed by atoms with E-state index < -0.39 is 0 Å². The molecule has 0 amide bonds. The van der Waals surface area contributed by atoms with E-state index in [1.807, 2.05) is 4.90 Å². The van der Waals surface area contributed by atoms with Crippen molar-refractivity contribution in [1.29, 1.82) is 0 Å². The van der Waals surface area contributed by atoms with E-state index in [-0.39, 0.29) is 0 Å². The van der Waals surface area contributed by atoms with E-state index in [0.717, 1.165) is 11.8 Å². The Kier molecular flexibility index (Phi) is 7.23. The molecule has 0 spiro atoms. The van der Waals surface area contributed by atoms with Gasteiger partial charge in [0.05, 0.1) is 32.7 Å². The van der Waals surface area contributed by atoms with Crippen LogP contribution in [0.5, 0.6) is 0 Å². The van der Waals surface area contributed by atoms with Crippen LogP contribution in [0.3, 0.4) is 0 Å². The highest BCUT2D eigenvalue weighted by atomic mass is 15.1. The van der Waals surface area contributed by atoms with E-state index in [1.165, 1.54) is 90.5 Å². The molecule has 2 heterocycles. The van der Waals surface area contributed by atoms with Crippen LogP contribution in [0.15, 0.2) is 0 Å². The fourth-order valence-corrected chi connectivity index (χ4v) is 4.03. The zero-order chi connectivity index (χ0) is 13.3. The van der Waals surface area contributed by atoms with E-state index in [1.54, 1.807) is 0 Å². The first-order chi connectivity index (χ1) is 9.38. The molecular weight excluding hydrogens is 232 g/mol. The monoisotopic (exact) mass is 268 g/mol. The van der Waals surface area contributed by atoms with Crippen molar-refractivity contribution in [2.24, 2.45) is 11.8 Å². The zero-order valence-electron chi connectivity index (χ0n) is 13.1. The normalized spacial score (nSPS) is 29.5. The summed E-state index contributed by atoms with van der Waals surface area (Å²) in [6, 6.07) is 0. The summed E-state index contributed by atoms with van der Waals surface area (Å²) in [5.41, 5.74) is 0. The summed E-state index contributed by atoms with van der Waals surface area (Å²) in [6.45, 7) is 9.46. The van der Waals surface area contributed by atoms with E-state index in [9.17, 15) is 0 Å². The van der Waals surface area contributed by atoms with Crippen molar-refractivity contribution in [3.05, 3.63) is 0 Å². The highest BCUT2D eigenvalue weighted by Gasteiger charge is 2.22. The van der Waals surface area contributed by atoms with Crippen molar-refractivity contribution in [3.63, 3.8) is 0 Å². The van der Waals surface area contributed by atoms with Crippen LogP contribution in [0.1, 0.15) is 64.7 Å². The van der Waals surface area contributed by atoms with Crippen LogP contribution in [0.2, 0.25) is 0 Å². The van der Waals surface area contributed by atoms with Crippen molar-refractivity contribution >= 4 is 0 Å². The Balaban J connectivity index is 1.50. The first kappa shape index (κ1) is 15.3. The molecular formula is C17H36N2+2. The molecule has 0 unspecified atom stereocenters. The second-order valence-corrected chi connectivity index (χ2v) is 7.04. The topological polar surface area (TPSA) is 21.1 Å². The van der Waals surface area contributed by atoms with Gasteiger partial charge in [0.2, 0.25) is 0 Å². The SMILES string of the molecule is CCCC[NH+]1CCC(CCCC2CC[NH2+]CC2)CC1. The standard InChI is InChI=1S/C17H34N2/c1-2-3-13-19-14-9-17(10-15-19)6-4-5-16-7-11-18-12-8-16/h16-18H,2-15H2,1H3/p+2. The number of nitrogens with one attached hydrogen (secondary N) is 1. The van der Waals surface area contributed by atoms with Crippen LogP contribution in [0.25, 0.3) is 0 Å². The molecule has 0 aromatic rings. The number of unbranched alkanes of at least 4 members (excludes halogenated alkanes) is 1. The number of hydrogen-bond donors (Lipinski definition) is 2. The molecule has 2 saturated heterocycles. The minimum absolute atomic E-state index is 1.07. The van der Waals surface area contributed by atoms with Crippen molar-refractivity contribution in [3.8, 4) is 0 Å². The van der Waals surface area contributed by atoms with Crippen LogP contribution in [-0.2, 0) is 0 Å². The highest BCUT2D eigenvalue weighted by Crippen LogP contribution is 2.22. The van der Waals surface area contributed by atoms with Gasteiger partial charge >= 0.3 is 0 Å². The molecule has 0 bridgehead atoms. The molecule has 19 heavy (non-hydrogen) atoms. The minimum atomic E-state index is 1.07. The molecule has 0 aliphatic carbocycles. The molecule has 2 nitrogen and oxygen atoms in total. The summed E-state index contributed by atoms with van der Waals surface area (Å²) in [5.74, 6) is 2.14. The van der Waals surface area contributed by atoms with Gasteiger partial charge in [0.1, 0.15) is 0 Å². The molecule has 2 aliphatic rings. The number of piperidine rings is 2. The van der Waals surface area contributed by atoms with Crippen molar-refractivity contribution < 1.29 is 10.2 Å². The van der Waals surface area contributed by atoms with Crippen LogP contribution in [0.4, 0.5) is 0 Å². The lowest BCUT2D eigenvalue weighted by Crippen LogP contribution is -3.13. The third kappa shape index (κ3) is 5.83. The van der Waals surface area contributed by atoms with E-state index >= 15 is 0 Å². The molecule has 2 aliphatic heterocycles. The van der Waals surface area contributed by atoms with Crippen LogP contribution >= 0.6 is 0 Å². The van der Waals surface area contributed by atoms with Gasteiger partial charge < -0.3 is 10.2 Å². The van der Waals surface area contributed by atoms with Crippen LogP contribution in [-0.4, -0.2) is 32.7 Å². The predicted molar refractivity (Wildman–Crippen MR) is 81.4 cm³/mol. The van der Waals surface area contributed by atoms with Gasteiger partial charge in [0.25, 0.3) is 0 Å². The van der Waals surface area contributed by atoms with Gasteiger partial charge in [-0.2, -0.15) is 0 Å². The highest BCUT2D eigenvalue weighted by molar-refractivity contribution is 4.66. The average Bonchev–Trinajstić information content (AvgIpc) is 2.47. The maximum Gasteiger partial charge on any atom is 0.0773 e. The lowest BCUT2D eigenvalue weighted by molar-refractivity contribution is -0.906. The first-order valence-corrected chi connectivity index (χ1v) is 9.03. The van der Waals surface area contributed by atoms with Gasteiger partial charge in [0, 0.05) is 0 Å². The Morgan fingerprint density at radius 3 is 2.16 bits per heavy atom. The lowest BCUT2D eigenvalue weighted by atomic mass is 9.87. The molecule has 2 heteroatoms. The fourth-order valence-electron chi connectivity index (χ4n) is 4.03. The second kappa shape index (κ2) is 8.97. The van der Waals surface area contributed by atoms with Crippen molar-refractivity contribution in [1.82, 2.24) is 0 Å². The Hall–Kier alpha value is -0.0800. The molecule has 3 N–H and O–H groups in total. The summed E-state index contributed by atoms with van der Waals surface area (Å²) in [4.78, 5) is 1.89. The third-order valence-electron chi connectivity index (χ3n) is 5.48. The summed E-state index contributed by atoms with van der Waals surface area (Å²) in [6.07, 6.45) is 13.4. The largest absolute Gasteiger partial charge is 0.346 e. The summed E-state index contributed by atoms with van der Waals surface area (Å²) in [7, 11) is 0. The van der Waals surface area contributed by atoms with Gasteiger partial charge in [-0.3, -0.25) is 0 Å². The van der Waals surface area contributed by atoms with Gasteiger partial charge in [-0.05, 0) is 43.9 Å². The lowest BCUT2D eigenvalue weighted by Gasteiger charge is -2.29. The smallest absolute Gasteiger partial charge is 0.0773 e. The number of quaternary nitrogens is 2. The Bertz CT molecular complexity index is 215. The number of nitrogens with two attached hydrogens (primary N) is 1. The van der Waals surface area contributed by atoms with Gasteiger partial charge in [-0.1, -0.05) is 32.6 Å². The van der Waals surface area contributed by atoms with Gasteiger partial charge in [-0.15, -0.1) is 0 Å². The molecule has 2 rings (SSSR count). The van der Waals surface area contributed by atoms with Crippen molar-refractivity contribution in [2.75, 3.05) is 32.7 Å². The molecule has 0 atom stereocenters. The predicted octanol–water partition coefficient (Wildman–Crippen LogP) is 1.23. The van der Waals surface area contributed by atoms with Gasteiger partial charge in [-0.25, -0.2) is 0 Å². The van der Waals surface area contributed by atoms with Crippen molar-refractivity contribution in [2.45, 2.75) is 64.7 Å². The molecule has 0 saturated carbocycles. The molecule has 112 valence electrons. The number of rotatable bonds is 7. The Morgan fingerprint density at radius 1 is 0.895 bits per heavy atom. The van der Waals surface area contributed by atoms with E-state index in [4.69, 9.17) is 0 Å². The Labute approximate surface area is 120 Å². The van der Waals surface area contributed by atoms with Crippen LogP contribution in [0, 0.1) is 11.8 Å². The van der Waals surface area contributed by atoms with E-state index in [0.29, 0.717) is 0 Å². The maximum atomic E-state index is 2.49. The molecule has 0 aromatic carbocycles. The average molecular weight is 268 g/mol. The first-order valence-electron chi connectivity index (χ1n) is 9.03. The fraction of sp³-hybridized carbons (Fsp3) is 1.00. The second-order valence-electron chi connectivity index (χ2n) is 7.04. The summed E-state index contributed by atoms with van der Waals surface area (Å²) in [5, 5.41) is 2.49. The molecule has 0 aromatic heterocycles. The maximum absolute atomic E-state index is 2.49. The zero-order valence-corrected chi connectivity index (χ0v) is 13.1. The van der Waals surface area contributed by atoms with Gasteiger partial charge in [0.15, 0.2) is 0 Å². The number of likely N-dealkylation sites (tertiary alicyclic amines) is 1. The van der Waals surface area contributed by atoms with Crippen LogP contribution < -0.4 is 10.2 Å². The Morgan fingerprint density at radius 2 is 1.53 bits per heavy atom.